The molecule has 1 heterocycles. The topological polar surface area (TPSA) is 40.5 Å². The first-order chi connectivity index (χ1) is 9.38. The summed E-state index contributed by atoms with van der Waals surface area (Å²) in [4.78, 5) is 14.4. The molecule has 1 unspecified atom stereocenters. The molecule has 2 rings (SSSR count). The Bertz CT molecular complexity index is 476. The minimum absolute atomic E-state index is 0.0375. The van der Waals surface area contributed by atoms with E-state index >= 15 is 0 Å². The van der Waals surface area contributed by atoms with Gasteiger partial charge in [0.15, 0.2) is 0 Å². The maximum Gasteiger partial charge on any atom is 0.253 e. The second kappa shape index (κ2) is 5.86. The van der Waals surface area contributed by atoms with Crippen molar-refractivity contribution in [2.45, 2.75) is 40.0 Å². The van der Waals surface area contributed by atoms with Crippen LogP contribution in [0.4, 0.5) is 0 Å². The van der Waals surface area contributed by atoms with Gasteiger partial charge in [0.05, 0.1) is 0 Å². The molecule has 20 heavy (non-hydrogen) atoms. The molecule has 0 aromatic heterocycles. The maximum absolute atomic E-state index is 12.5. The molecule has 1 aromatic rings. The van der Waals surface area contributed by atoms with Crippen LogP contribution in [0.1, 0.15) is 50.4 Å². The lowest BCUT2D eigenvalue weighted by Gasteiger charge is -2.29. The Balaban J connectivity index is 2.05. The largest absolute Gasteiger partial charge is 0.508 e. The van der Waals surface area contributed by atoms with E-state index in [0.717, 1.165) is 25.9 Å². The second-order valence-electron chi connectivity index (χ2n) is 6.84. The number of benzene rings is 1. The summed E-state index contributed by atoms with van der Waals surface area (Å²) in [5, 5.41) is 9.49. The van der Waals surface area contributed by atoms with Crippen LogP contribution in [0.25, 0.3) is 0 Å². The summed E-state index contributed by atoms with van der Waals surface area (Å²) in [5.41, 5.74) is 0.892. The summed E-state index contributed by atoms with van der Waals surface area (Å²) < 4.78 is 0. The van der Waals surface area contributed by atoms with Gasteiger partial charge in [-0.3, -0.25) is 4.79 Å². The van der Waals surface area contributed by atoms with Crippen LogP contribution in [0.15, 0.2) is 24.3 Å². The van der Waals surface area contributed by atoms with E-state index in [1.165, 1.54) is 6.42 Å². The van der Waals surface area contributed by atoms with Crippen molar-refractivity contribution in [2.24, 2.45) is 11.3 Å². The van der Waals surface area contributed by atoms with E-state index in [0.29, 0.717) is 16.9 Å². The smallest absolute Gasteiger partial charge is 0.253 e. The molecular weight excluding hydrogens is 250 g/mol. The van der Waals surface area contributed by atoms with Crippen molar-refractivity contribution in [3.8, 4) is 5.75 Å². The molecule has 0 bridgehead atoms. The fourth-order valence-electron chi connectivity index (χ4n) is 2.99. The number of nitrogens with zero attached hydrogens (tertiary/aromatic N) is 1. The lowest BCUT2D eigenvalue weighted by atomic mass is 9.77. The third-order valence-electron chi connectivity index (χ3n) is 4.33. The molecule has 1 aliphatic rings. The molecule has 3 heteroatoms. The lowest BCUT2D eigenvalue weighted by molar-refractivity contribution is 0.0755. The predicted octanol–water partition coefficient (Wildman–Crippen LogP) is 3.68. The molecule has 0 radical (unpaired) electrons. The van der Waals surface area contributed by atoms with Gasteiger partial charge in [-0.1, -0.05) is 26.8 Å². The molecule has 1 fully saturated rings. The number of carbonyl (C=O) groups is 1. The van der Waals surface area contributed by atoms with Crippen LogP contribution in [-0.4, -0.2) is 29.0 Å². The molecule has 1 atom stereocenters. The summed E-state index contributed by atoms with van der Waals surface area (Å²) >= 11 is 0. The van der Waals surface area contributed by atoms with Crippen LogP contribution in [0.3, 0.4) is 0 Å². The number of phenolic OH excluding ortho intramolecular Hbond substituents is 1. The molecule has 1 N–H and O–H groups in total. The van der Waals surface area contributed by atoms with E-state index in [2.05, 4.69) is 20.8 Å². The first kappa shape index (κ1) is 14.9. The quantitative estimate of drug-likeness (QED) is 0.849. The molecule has 1 amide bonds. The standard InChI is InChI=1S/C17H25NO2/c1-17(2,3)14-7-5-10-18(11-9-14)16(20)13-6-4-8-15(19)12-13/h4,6,8,12,14,19H,5,7,9-11H2,1-3H3. The van der Waals surface area contributed by atoms with E-state index in [1.807, 2.05) is 4.90 Å². The molecule has 1 aromatic carbocycles. The number of phenols is 1. The van der Waals surface area contributed by atoms with Crippen LogP contribution in [0.2, 0.25) is 0 Å². The molecule has 1 saturated heterocycles. The summed E-state index contributed by atoms with van der Waals surface area (Å²) in [6.07, 6.45) is 3.31. The van der Waals surface area contributed by atoms with Gasteiger partial charge in [0.1, 0.15) is 5.75 Å². The fraction of sp³-hybridized carbons (Fsp3) is 0.588. The van der Waals surface area contributed by atoms with Crippen molar-refractivity contribution in [3.05, 3.63) is 29.8 Å². The Morgan fingerprint density at radius 2 is 2.00 bits per heavy atom. The summed E-state index contributed by atoms with van der Waals surface area (Å²) in [7, 11) is 0. The highest BCUT2D eigenvalue weighted by Crippen LogP contribution is 2.34. The number of hydrogen-bond acceptors (Lipinski definition) is 2. The highest BCUT2D eigenvalue weighted by atomic mass is 16.3. The van der Waals surface area contributed by atoms with Gasteiger partial charge in [-0.15, -0.1) is 0 Å². The van der Waals surface area contributed by atoms with Crippen molar-refractivity contribution in [3.63, 3.8) is 0 Å². The highest BCUT2D eigenvalue weighted by Gasteiger charge is 2.28. The zero-order valence-electron chi connectivity index (χ0n) is 12.7. The van der Waals surface area contributed by atoms with Crippen molar-refractivity contribution >= 4 is 5.91 Å². The molecule has 0 aliphatic carbocycles. The third-order valence-corrected chi connectivity index (χ3v) is 4.33. The van der Waals surface area contributed by atoms with E-state index in [-0.39, 0.29) is 11.7 Å². The van der Waals surface area contributed by atoms with Crippen LogP contribution in [-0.2, 0) is 0 Å². The zero-order valence-corrected chi connectivity index (χ0v) is 12.7. The number of likely N-dealkylation sites (tertiary alicyclic amines) is 1. The van der Waals surface area contributed by atoms with Gasteiger partial charge in [0, 0.05) is 18.7 Å². The second-order valence-corrected chi connectivity index (χ2v) is 6.84. The fourth-order valence-corrected chi connectivity index (χ4v) is 2.99. The van der Waals surface area contributed by atoms with Gasteiger partial charge < -0.3 is 10.0 Å². The van der Waals surface area contributed by atoms with Crippen LogP contribution in [0.5, 0.6) is 5.75 Å². The summed E-state index contributed by atoms with van der Waals surface area (Å²) in [6.45, 7) is 8.48. The molecular formula is C17H25NO2. The van der Waals surface area contributed by atoms with Crippen molar-refractivity contribution < 1.29 is 9.90 Å². The van der Waals surface area contributed by atoms with Gasteiger partial charge >= 0.3 is 0 Å². The van der Waals surface area contributed by atoms with Gasteiger partial charge in [-0.05, 0) is 48.8 Å². The lowest BCUT2D eigenvalue weighted by Crippen LogP contribution is -2.32. The van der Waals surface area contributed by atoms with Crippen molar-refractivity contribution in [2.75, 3.05) is 13.1 Å². The van der Waals surface area contributed by atoms with Crippen LogP contribution >= 0.6 is 0 Å². The number of amides is 1. The van der Waals surface area contributed by atoms with Gasteiger partial charge in [-0.2, -0.15) is 0 Å². The molecule has 3 nitrogen and oxygen atoms in total. The van der Waals surface area contributed by atoms with E-state index < -0.39 is 0 Å². The Kier molecular flexibility index (Phi) is 4.36. The number of rotatable bonds is 1. The molecule has 0 saturated carbocycles. The Labute approximate surface area is 121 Å². The van der Waals surface area contributed by atoms with Crippen LogP contribution < -0.4 is 0 Å². The molecule has 110 valence electrons. The number of carbonyl (C=O) groups excluding carboxylic acids is 1. The van der Waals surface area contributed by atoms with Gasteiger partial charge in [0.2, 0.25) is 0 Å². The van der Waals surface area contributed by atoms with Crippen molar-refractivity contribution in [1.29, 1.82) is 0 Å². The normalized spacial score (nSPS) is 20.6. The average molecular weight is 275 g/mol. The summed E-state index contributed by atoms with van der Waals surface area (Å²) in [5.74, 6) is 0.859. The van der Waals surface area contributed by atoms with Gasteiger partial charge in [-0.25, -0.2) is 0 Å². The maximum atomic E-state index is 12.5. The predicted molar refractivity (Wildman–Crippen MR) is 80.8 cm³/mol. The average Bonchev–Trinajstić information content (AvgIpc) is 2.63. The van der Waals surface area contributed by atoms with Crippen LogP contribution in [0, 0.1) is 11.3 Å². The minimum Gasteiger partial charge on any atom is -0.508 e. The number of hydrogen-bond donors (Lipinski definition) is 1. The Morgan fingerprint density at radius 1 is 1.25 bits per heavy atom. The Hall–Kier alpha value is -1.51. The number of aromatic hydroxyl groups is 1. The Morgan fingerprint density at radius 3 is 2.65 bits per heavy atom. The first-order valence-corrected chi connectivity index (χ1v) is 7.46. The molecule has 0 spiro atoms. The van der Waals surface area contributed by atoms with E-state index in [4.69, 9.17) is 0 Å². The van der Waals surface area contributed by atoms with Crippen molar-refractivity contribution in [1.82, 2.24) is 4.90 Å². The first-order valence-electron chi connectivity index (χ1n) is 7.46. The van der Waals surface area contributed by atoms with E-state index in [1.54, 1.807) is 24.3 Å². The SMILES string of the molecule is CC(C)(C)C1CCCN(C(=O)c2cccc(O)c2)CC1. The molecule has 1 aliphatic heterocycles. The zero-order chi connectivity index (χ0) is 14.8. The monoisotopic (exact) mass is 275 g/mol. The summed E-state index contributed by atoms with van der Waals surface area (Å²) in [6, 6.07) is 6.63. The van der Waals surface area contributed by atoms with E-state index in [9.17, 15) is 9.90 Å². The highest BCUT2D eigenvalue weighted by molar-refractivity contribution is 5.94. The minimum atomic E-state index is 0.0375. The van der Waals surface area contributed by atoms with Gasteiger partial charge in [0.25, 0.3) is 5.91 Å². The third kappa shape index (κ3) is 3.53.